The second-order valence-electron chi connectivity index (χ2n) is 4.14. The van der Waals surface area contributed by atoms with Gasteiger partial charge in [-0.25, -0.2) is 4.99 Å². The molecule has 5 heteroatoms. The number of allylic oxidation sites excluding steroid dienone is 2. The Hall–Kier alpha value is -2.04. The van der Waals surface area contributed by atoms with E-state index in [-0.39, 0.29) is 0 Å². The first-order chi connectivity index (χ1) is 8.54. The van der Waals surface area contributed by atoms with Crippen molar-refractivity contribution < 1.29 is 13.2 Å². The molecule has 2 aliphatic heterocycles. The van der Waals surface area contributed by atoms with E-state index in [0.29, 0.717) is 17.8 Å². The Bertz CT molecular complexity index is 582. The Morgan fingerprint density at radius 1 is 1.17 bits per heavy atom. The van der Waals surface area contributed by atoms with Crippen LogP contribution in [0, 0.1) is 0 Å². The summed E-state index contributed by atoms with van der Waals surface area (Å²) < 4.78 is 37.8. The standard InChI is InChI=1S/C13H9F3N2/c14-13(15,16)10-4-5-11-9(7-10)8-18-6-2-1-3-12(18)17-11/h1-7H,8H2. The summed E-state index contributed by atoms with van der Waals surface area (Å²) >= 11 is 0. The number of alkyl halides is 3. The van der Waals surface area contributed by atoms with Gasteiger partial charge in [0.2, 0.25) is 0 Å². The number of fused-ring (bicyclic) bond motifs is 2. The molecule has 1 aromatic rings. The van der Waals surface area contributed by atoms with Crippen molar-refractivity contribution >= 4 is 11.5 Å². The van der Waals surface area contributed by atoms with Gasteiger partial charge < -0.3 is 4.90 Å². The predicted octanol–water partition coefficient (Wildman–Crippen LogP) is 3.63. The molecule has 0 saturated heterocycles. The molecule has 0 atom stereocenters. The Kier molecular flexibility index (Phi) is 2.29. The fraction of sp³-hybridized carbons (Fsp3) is 0.154. The molecule has 0 amide bonds. The van der Waals surface area contributed by atoms with Gasteiger partial charge in [-0.3, -0.25) is 0 Å². The summed E-state index contributed by atoms with van der Waals surface area (Å²) in [6.07, 6.45) is 3.02. The topological polar surface area (TPSA) is 15.6 Å². The lowest BCUT2D eigenvalue weighted by Gasteiger charge is -2.27. The van der Waals surface area contributed by atoms with Crippen molar-refractivity contribution in [1.29, 1.82) is 0 Å². The van der Waals surface area contributed by atoms with E-state index < -0.39 is 11.7 Å². The first-order valence-electron chi connectivity index (χ1n) is 5.44. The molecule has 92 valence electrons. The molecule has 2 aliphatic rings. The van der Waals surface area contributed by atoms with Crippen LogP contribution in [0.4, 0.5) is 18.9 Å². The van der Waals surface area contributed by atoms with Gasteiger partial charge >= 0.3 is 6.18 Å². The number of hydrogen-bond acceptors (Lipinski definition) is 2. The third kappa shape index (κ3) is 1.81. The maximum Gasteiger partial charge on any atom is 0.416 e. The van der Waals surface area contributed by atoms with Crippen LogP contribution < -0.4 is 0 Å². The molecule has 2 nitrogen and oxygen atoms in total. The highest BCUT2D eigenvalue weighted by Crippen LogP contribution is 2.35. The Balaban J connectivity index is 2.05. The third-order valence-electron chi connectivity index (χ3n) is 2.90. The summed E-state index contributed by atoms with van der Waals surface area (Å²) in [5.74, 6) is 0.754. The summed E-state index contributed by atoms with van der Waals surface area (Å²) in [5, 5.41) is 0. The normalized spacial score (nSPS) is 17.3. The molecular weight excluding hydrogens is 241 g/mol. The van der Waals surface area contributed by atoms with Crippen LogP contribution in [0.1, 0.15) is 11.1 Å². The van der Waals surface area contributed by atoms with Crippen LogP contribution in [-0.2, 0) is 12.7 Å². The van der Waals surface area contributed by atoms with Crippen LogP contribution in [0.25, 0.3) is 0 Å². The van der Waals surface area contributed by atoms with Gasteiger partial charge in [0, 0.05) is 6.20 Å². The van der Waals surface area contributed by atoms with Crippen LogP contribution in [0.2, 0.25) is 0 Å². The monoisotopic (exact) mass is 250 g/mol. The number of rotatable bonds is 0. The Morgan fingerprint density at radius 2 is 2.00 bits per heavy atom. The smallest absolute Gasteiger partial charge is 0.329 e. The predicted molar refractivity (Wildman–Crippen MR) is 62.4 cm³/mol. The molecule has 3 rings (SSSR count). The molecule has 0 saturated carbocycles. The highest BCUT2D eigenvalue weighted by molar-refractivity contribution is 5.97. The highest BCUT2D eigenvalue weighted by atomic mass is 19.4. The van der Waals surface area contributed by atoms with Crippen molar-refractivity contribution in [1.82, 2.24) is 4.90 Å². The van der Waals surface area contributed by atoms with Gasteiger partial charge in [-0.15, -0.1) is 0 Å². The second kappa shape index (κ2) is 3.73. The molecule has 0 unspecified atom stereocenters. The van der Waals surface area contributed by atoms with Crippen molar-refractivity contribution in [2.45, 2.75) is 12.7 Å². The van der Waals surface area contributed by atoms with Gasteiger partial charge in [-0.1, -0.05) is 6.08 Å². The van der Waals surface area contributed by atoms with Crippen molar-refractivity contribution in [3.63, 3.8) is 0 Å². The van der Waals surface area contributed by atoms with Crippen molar-refractivity contribution in [3.8, 4) is 0 Å². The largest absolute Gasteiger partial charge is 0.416 e. The quantitative estimate of drug-likeness (QED) is 0.686. The number of aliphatic imine (C=N–C) groups is 1. The molecule has 0 aromatic heterocycles. The van der Waals surface area contributed by atoms with Gasteiger partial charge in [0.1, 0.15) is 5.84 Å². The minimum atomic E-state index is -4.31. The lowest BCUT2D eigenvalue weighted by atomic mass is 10.1. The lowest BCUT2D eigenvalue weighted by Crippen LogP contribution is -2.27. The Labute approximate surface area is 102 Å². The van der Waals surface area contributed by atoms with Crippen molar-refractivity contribution in [2.24, 2.45) is 4.99 Å². The molecular formula is C13H9F3N2. The van der Waals surface area contributed by atoms with Crippen molar-refractivity contribution in [2.75, 3.05) is 0 Å². The van der Waals surface area contributed by atoms with Crippen LogP contribution in [0.15, 0.2) is 47.6 Å². The van der Waals surface area contributed by atoms with E-state index in [2.05, 4.69) is 4.99 Å². The van der Waals surface area contributed by atoms with Gasteiger partial charge in [0.15, 0.2) is 0 Å². The first kappa shape index (κ1) is 11.1. The number of nitrogens with zero attached hydrogens (tertiary/aromatic N) is 2. The average Bonchev–Trinajstić information content (AvgIpc) is 2.34. The molecule has 18 heavy (non-hydrogen) atoms. The highest BCUT2D eigenvalue weighted by Gasteiger charge is 2.31. The summed E-state index contributed by atoms with van der Waals surface area (Å²) in [4.78, 5) is 6.15. The fourth-order valence-electron chi connectivity index (χ4n) is 2.01. The summed E-state index contributed by atoms with van der Waals surface area (Å²) in [7, 11) is 0. The number of amidine groups is 1. The minimum Gasteiger partial charge on any atom is -0.329 e. The molecule has 2 heterocycles. The summed E-state index contributed by atoms with van der Waals surface area (Å²) in [6.45, 7) is 0.416. The van der Waals surface area contributed by atoms with Gasteiger partial charge in [-0.05, 0) is 35.9 Å². The van der Waals surface area contributed by atoms with E-state index in [4.69, 9.17) is 0 Å². The second-order valence-corrected chi connectivity index (χ2v) is 4.14. The number of hydrogen-bond donors (Lipinski definition) is 0. The van der Waals surface area contributed by atoms with Gasteiger partial charge in [0.05, 0.1) is 17.8 Å². The maximum absolute atomic E-state index is 12.6. The lowest BCUT2D eigenvalue weighted by molar-refractivity contribution is -0.137. The van der Waals surface area contributed by atoms with Gasteiger partial charge in [0.25, 0.3) is 0 Å². The number of halogens is 3. The molecule has 0 fully saturated rings. The van der Waals surface area contributed by atoms with E-state index in [0.717, 1.165) is 11.9 Å². The summed E-state index contributed by atoms with van der Waals surface area (Å²) in [6, 6.07) is 3.66. The van der Waals surface area contributed by atoms with Crippen LogP contribution in [0.5, 0.6) is 0 Å². The van der Waals surface area contributed by atoms with Crippen LogP contribution >= 0.6 is 0 Å². The van der Waals surface area contributed by atoms with E-state index in [1.165, 1.54) is 12.1 Å². The van der Waals surface area contributed by atoms with Crippen LogP contribution in [0.3, 0.4) is 0 Å². The Morgan fingerprint density at radius 3 is 2.78 bits per heavy atom. The molecule has 0 spiro atoms. The zero-order valence-electron chi connectivity index (χ0n) is 9.28. The fourth-order valence-corrected chi connectivity index (χ4v) is 2.01. The molecule has 0 radical (unpaired) electrons. The van der Waals surface area contributed by atoms with Crippen LogP contribution in [-0.4, -0.2) is 10.7 Å². The molecule has 0 N–H and O–H groups in total. The molecule has 1 aromatic carbocycles. The zero-order valence-corrected chi connectivity index (χ0v) is 9.28. The van der Waals surface area contributed by atoms with E-state index in [1.807, 2.05) is 29.3 Å². The summed E-state index contributed by atoms with van der Waals surface area (Å²) in [5.41, 5.74) is 0.569. The SMILES string of the molecule is FC(F)(F)c1ccc2c(c1)CN1C=CC=CC1=N2. The minimum absolute atomic E-state index is 0.416. The zero-order chi connectivity index (χ0) is 12.8. The van der Waals surface area contributed by atoms with Gasteiger partial charge in [-0.2, -0.15) is 13.2 Å². The van der Waals surface area contributed by atoms with E-state index >= 15 is 0 Å². The van der Waals surface area contributed by atoms with Crippen molar-refractivity contribution in [3.05, 3.63) is 53.8 Å². The number of benzene rings is 1. The molecule has 0 aliphatic carbocycles. The molecule has 0 bridgehead atoms. The third-order valence-corrected chi connectivity index (χ3v) is 2.90. The van der Waals surface area contributed by atoms with E-state index in [9.17, 15) is 13.2 Å². The van der Waals surface area contributed by atoms with E-state index in [1.54, 1.807) is 0 Å². The first-order valence-corrected chi connectivity index (χ1v) is 5.44. The average molecular weight is 250 g/mol. The maximum atomic E-state index is 12.6.